The van der Waals surface area contributed by atoms with E-state index in [1.165, 1.54) is 32.1 Å². The second-order valence-electron chi connectivity index (χ2n) is 6.12. The molecule has 0 aromatic carbocycles. The molecule has 0 bridgehead atoms. The van der Waals surface area contributed by atoms with Gasteiger partial charge in [0.15, 0.2) is 0 Å². The third-order valence-electron chi connectivity index (χ3n) is 4.86. The molecule has 0 atom stereocenters. The topological polar surface area (TPSA) is 29.1 Å². The molecule has 1 aliphatic heterocycles. The monoisotopic (exact) mass is 209 g/mol. The van der Waals surface area contributed by atoms with Crippen LogP contribution >= 0.6 is 0 Å². The summed E-state index contributed by atoms with van der Waals surface area (Å²) in [7, 11) is 0. The second kappa shape index (κ2) is 3.50. The van der Waals surface area contributed by atoms with Crippen molar-refractivity contribution in [3.05, 3.63) is 0 Å². The molecule has 86 valence electrons. The Morgan fingerprint density at radius 2 is 1.93 bits per heavy atom. The van der Waals surface area contributed by atoms with E-state index < -0.39 is 0 Å². The van der Waals surface area contributed by atoms with Crippen LogP contribution in [0.4, 0.5) is 0 Å². The van der Waals surface area contributed by atoms with E-state index in [0.717, 1.165) is 12.3 Å². The van der Waals surface area contributed by atoms with Gasteiger partial charge in [-0.2, -0.15) is 0 Å². The fourth-order valence-corrected chi connectivity index (χ4v) is 3.13. The lowest BCUT2D eigenvalue weighted by Crippen LogP contribution is -2.62. The van der Waals surface area contributed by atoms with E-state index in [4.69, 9.17) is 0 Å². The minimum atomic E-state index is 0.220. The smallest absolute Gasteiger partial charge is 0.222 e. The van der Waals surface area contributed by atoms with Gasteiger partial charge in [0.25, 0.3) is 0 Å². The molecule has 0 radical (unpaired) electrons. The number of rotatable bonds is 2. The number of carbonyl (C=O) groups excluding carboxylic acids is 1. The molecule has 0 aromatic rings. The summed E-state index contributed by atoms with van der Waals surface area (Å²) in [6.07, 6.45) is 7.03. The highest BCUT2D eigenvalue weighted by Crippen LogP contribution is 2.46. The molecule has 2 rings (SSSR count). The Kier molecular flexibility index (Phi) is 2.56. The molecule has 1 heterocycles. The zero-order chi connectivity index (χ0) is 11.1. The van der Waals surface area contributed by atoms with Gasteiger partial charge in [0.1, 0.15) is 0 Å². The van der Waals surface area contributed by atoms with Gasteiger partial charge in [-0.3, -0.25) is 4.79 Å². The summed E-state index contributed by atoms with van der Waals surface area (Å²) in [4.78, 5) is 11.0. The molecular formula is C13H23NO. The van der Waals surface area contributed by atoms with Crippen LogP contribution in [-0.4, -0.2) is 11.4 Å². The molecule has 1 saturated carbocycles. The van der Waals surface area contributed by atoms with Gasteiger partial charge in [-0.05, 0) is 37.0 Å². The number of hydrogen-bond donors (Lipinski definition) is 1. The third-order valence-corrected chi connectivity index (χ3v) is 4.86. The minimum absolute atomic E-state index is 0.220. The molecule has 1 saturated heterocycles. The fraction of sp³-hybridized carbons (Fsp3) is 0.923. The highest BCUT2D eigenvalue weighted by atomic mass is 16.2. The van der Waals surface area contributed by atoms with Gasteiger partial charge in [-0.1, -0.05) is 27.2 Å². The lowest BCUT2D eigenvalue weighted by molar-refractivity contribution is -0.135. The first-order valence-electron chi connectivity index (χ1n) is 6.28. The van der Waals surface area contributed by atoms with E-state index in [1.54, 1.807) is 0 Å². The predicted octanol–water partition coefficient (Wildman–Crippen LogP) is 2.87. The van der Waals surface area contributed by atoms with E-state index in [2.05, 4.69) is 26.1 Å². The maximum absolute atomic E-state index is 11.0. The molecule has 2 aliphatic rings. The van der Waals surface area contributed by atoms with Crippen molar-refractivity contribution in [2.45, 2.75) is 64.8 Å². The summed E-state index contributed by atoms with van der Waals surface area (Å²) >= 11 is 0. The number of carbonyl (C=O) groups is 1. The van der Waals surface area contributed by atoms with Crippen LogP contribution in [0.15, 0.2) is 0 Å². The van der Waals surface area contributed by atoms with Crippen LogP contribution in [-0.2, 0) is 4.79 Å². The quantitative estimate of drug-likeness (QED) is 0.696. The molecule has 1 N–H and O–H groups in total. The first-order chi connectivity index (χ1) is 6.97. The molecule has 15 heavy (non-hydrogen) atoms. The number of β-lactam (4-membered cyclic amide) rings is 1. The van der Waals surface area contributed by atoms with Gasteiger partial charge >= 0.3 is 0 Å². The maximum Gasteiger partial charge on any atom is 0.222 e. The molecule has 1 amide bonds. The zero-order valence-corrected chi connectivity index (χ0v) is 10.2. The summed E-state index contributed by atoms with van der Waals surface area (Å²) in [5, 5.41) is 3.11. The lowest BCUT2D eigenvalue weighted by Gasteiger charge is -2.49. The van der Waals surface area contributed by atoms with Crippen LogP contribution in [0.1, 0.15) is 59.3 Å². The van der Waals surface area contributed by atoms with Crippen molar-refractivity contribution in [1.82, 2.24) is 5.32 Å². The Balaban J connectivity index is 1.90. The maximum atomic E-state index is 11.0. The summed E-state index contributed by atoms with van der Waals surface area (Å²) in [5.41, 5.74) is 0.701. The van der Waals surface area contributed by atoms with E-state index in [1.807, 2.05) is 0 Å². The summed E-state index contributed by atoms with van der Waals surface area (Å²) in [5.74, 6) is 1.11. The van der Waals surface area contributed by atoms with Crippen molar-refractivity contribution >= 4 is 5.91 Å². The highest BCUT2D eigenvalue weighted by Gasteiger charge is 2.46. The van der Waals surface area contributed by atoms with E-state index in [9.17, 15) is 4.79 Å². The standard InChI is InChI=1S/C13H23NO/c1-4-12(2,3)10-5-7-13(8-6-10)9-11(15)14-13/h10H,4-9H2,1-3H3,(H,14,15). The molecule has 0 unspecified atom stereocenters. The average molecular weight is 209 g/mol. The van der Waals surface area contributed by atoms with Gasteiger partial charge in [0, 0.05) is 12.0 Å². The van der Waals surface area contributed by atoms with Crippen molar-refractivity contribution in [3.8, 4) is 0 Å². The summed E-state index contributed by atoms with van der Waals surface area (Å²) in [6, 6.07) is 0. The molecule has 0 aromatic heterocycles. The SMILES string of the molecule is CCC(C)(C)C1CCC2(CC1)CC(=O)N2. The van der Waals surface area contributed by atoms with Crippen molar-refractivity contribution in [3.63, 3.8) is 0 Å². The van der Waals surface area contributed by atoms with Crippen LogP contribution in [0.2, 0.25) is 0 Å². The van der Waals surface area contributed by atoms with Gasteiger partial charge in [0.05, 0.1) is 0 Å². The van der Waals surface area contributed by atoms with Gasteiger partial charge in [-0.15, -0.1) is 0 Å². The Morgan fingerprint density at radius 1 is 1.40 bits per heavy atom. The fourth-order valence-electron chi connectivity index (χ4n) is 3.13. The molecule has 2 heteroatoms. The zero-order valence-electron chi connectivity index (χ0n) is 10.2. The van der Waals surface area contributed by atoms with Crippen LogP contribution in [0.3, 0.4) is 0 Å². The molecular weight excluding hydrogens is 186 g/mol. The van der Waals surface area contributed by atoms with Gasteiger partial charge < -0.3 is 5.32 Å². The molecule has 1 aliphatic carbocycles. The van der Waals surface area contributed by atoms with Gasteiger partial charge in [0.2, 0.25) is 5.91 Å². The average Bonchev–Trinajstić information content (AvgIpc) is 2.17. The Hall–Kier alpha value is -0.530. The minimum Gasteiger partial charge on any atom is -0.350 e. The van der Waals surface area contributed by atoms with E-state index >= 15 is 0 Å². The van der Waals surface area contributed by atoms with E-state index in [-0.39, 0.29) is 11.4 Å². The number of amides is 1. The Bertz CT molecular complexity index is 252. The van der Waals surface area contributed by atoms with Crippen molar-refractivity contribution in [1.29, 1.82) is 0 Å². The summed E-state index contributed by atoms with van der Waals surface area (Å²) in [6.45, 7) is 7.06. The number of nitrogens with one attached hydrogen (secondary N) is 1. The van der Waals surface area contributed by atoms with Crippen molar-refractivity contribution in [2.24, 2.45) is 11.3 Å². The molecule has 1 spiro atoms. The first kappa shape index (κ1) is 11.0. The lowest BCUT2D eigenvalue weighted by atomic mass is 9.63. The highest BCUT2D eigenvalue weighted by molar-refractivity contribution is 5.84. The third kappa shape index (κ3) is 1.91. The first-order valence-corrected chi connectivity index (χ1v) is 6.28. The molecule has 2 fully saturated rings. The predicted molar refractivity (Wildman–Crippen MR) is 61.5 cm³/mol. The molecule has 2 nitrogen and oxygen atoms in total. The second-order valence-corrected chi connectivity index (χ2v) is 6.12. The van der Waals surface area contributed by atoms with Crippen LogP contribution in [0.5, 0.6) is 0 Å². The van der Waals surface area contributed by atoms with Gasteiger partial charge in [-0.25, -0.2) is 0 Å². The van der Waals surface area contributed by atoms with Crippen LogP contribution in [0, 0.1) is 11.3 Å². The van der Waals surface area contributed by atoms with Crippen molar-refractivity contribution < 1.29 is 4.79 Å². The Labute approximate surface area is 92.8 Å². The number of hydrogen-bond acceptors (Lipinski definition) is 1. The summed E-state index contributed by atoms with van der Waals surface area (Å²) < 4.78 is 0. The van der Waals surface area contributed by atoms with E-state index in [0.29, 0.717) is 5.41 Å². The van der Waals surface area contributed by atoms with Crippen LogP contribution in [0.25, 0.3) is 0 Å². The van der Waals surface area contributed by atoms with Crippen molar-refractivity contribution in [2.75, 3.05) is 0 Å². The van der Waals surface area contributed by atoms with Crippen LogP contribution < -0.4 is 5.32 Å². The largest absolute Gasteiger partial charge is 0.350 e. The Morgan fingerprint density at radius 3 is 2.33 bits per heavy atom. The normalized spacial score (nSPS) is 36.2.